The molecule has 5 heteroatoms. The van der Waals surface area contributed by atoms with Gasteiger partial charge in [-0.05, 0) is 42.2 Å². The van der Waals surface area contributed by atoms with Gasteiger partial charge < -0.3 is 10.2 Å². The highest BCUT2D eigenvalue weighted by Crippen LogP contribution is 2.27. The van der Waals surface area contributed by atoms with E-state index in [0.717, 1.165) is 5.56 Å². The summed E-state index contributed by atoms with van der Waals surface area (Å²) in [4.78, 5) is 27.1. The maximum absolute atomic E-state index is 13.7. The van der Waals surface area contributed by atoms with E-state index in [-0.39, 0.29) is 23.5 Å². The minimum atomic E-state index is -0.621. The SMILES string of the molecule is Cc1ccc(NC(=O)C(C(C)C)N2Cc3ccccc3C2=O)cc1F. The van der Waals surface area contributed by atoms with Gasteiger partial charge in [-0.15, -0.1) is 0 Å². The van der Waals surface area contributed by atoms with E-state index < -0.39 is 6.04 Å². The normalized spacial score (nSPS) is 14.6. The molecule has 0 aliphatic carbocycles. The van der Waals surface area contributed by atoms with E-state index in [2.05, 4.69) is 5.32 Å². The molecule has 1 N–H and O–H groups in total. The molecule has 0 saturated heterocycles. The molecule has 2 aromatic carbocycles. The summed E-state index contributed by atoms with van der Waals surface area (Å²) < 4.78 is 13.7. The van der Waals surface area contributed by atoms with E-state index in [9.17, 15) is 14.0 Å². The molecule has 1 unspecified atom stereocenters. The van der Waals surface area contributed by atoms with Crippen molar-refractivity contribution in [3.8, 4) is 0 Å². The first-order valence-corrected chi connectivity index (χ1v) is 8.34. The minimum Gasteiger partial charge on any atom is -0.324 e. The van der Waals surface area contributed by atoms with Crippen LogP contribution in [0.15, 0.2) is 42.5 Å². The van der Waals surface area contributed by atoms with E-state index >= 15 is 0 Å². The lowest BCUT2D eigenvalue weighted by molar-refractivity contribution is -0.122. The number of amides is 2. The smallest absolute Gasteiger partial charge is 0.255 e. The maximum atomic E-state index is 13.7. The summed E-state index contributed by atoms with van der Waals surface area (Å²) in [6.45, 7) is 5.87. The summed E-state index contributed by atoms with van der Waals surface area (Å²) >= 11 is 0. The Morgan fingerprint density at radius 1 is 1.20 bits per heavy atom. The molecule has 1 aliphatic rings. The van der Waals surface area contributed by atoms with Crippen LogP contribution in [0.4, 0.5) is 10.1 Å². The molecule has 0 bridgehead atoms. The molecule has 0 aromatic heterocycles. The zero-order chi connectivity index (χ0) is 18.1. The predicted octanol–water partition coefficient (Wildman–Crippen LogP) is 3.75. The van der Waals surface area contributed by atoms with Gasteiger partial charge in [0.05, 0.1) is 0 Å². The van der Waals surface area contributed by atoms with E-state index in [1.807, 2.05) is 32.0 Å². The molecule has 130 valence electrons. The van der Waals surface area contributed by atoms with Crippen LogP contribution >= 0.6 is 0 Å². The van der Waals surface area contributed by atoms with Crippen LogP contribution in [0.1, 0.15) is 35.3 Å². The number of hydrogen-bond acceptors (Lipinski definition) is 2. The number of carbonyl (C=O) groups is 2. The molecule has 4 nitrogen and oxygen atoms in total. The van der Waals surface area contributed by atoms with Gasteiger partial charge in [0, 0.05) is 17.8 Å². The van der Waals surface area contributed by atoms with Gasteiger partial charge >= 0.3 is 0 Å². The van der Waals surface area contributed by atoms with Gasteiger partial charge in [0.2, 0.25) is 5.91 Å². The molecule has 1 atom stereocenters. The number of anilines is 1. The first kappa shape index (κ1) is 17.1. The molecule has 0 radical (unpaired) electrons. The number of rotatable bonds is 4. The molecular weight excluding hydrogens is 319 g/mol. The first-order chi connectivity index (χ1) is 11.9. The van der Waals surface area contributed by atoms with Crippen LogP contribution < -0.4 is 5.32 Å². The van der Waals surface area contributed by atoms with Crippen LogP contribution in [0, 0.1) is 18.7 Å². The fraction of sp³-hybridized carbons (Fsp3) is 0.300. The Balaban J connectivity index is 1.83. The summed E-state index contributed by atoms with van der Waals surface area (Å²) in [6, 6.07) is 11.3. The number of nitrogens with one attached hydrogen (secondary N) is 1. The van der Waals surface area contributed by atoms with Crippen LogP contribution in [0.2, 0.25) is 0 Å². The van der Waals surface area contributed by atoms with Crippen molar-refractivity contribution in [3.63, 3.8) is 0 Å². The number of hydrogen-bond donors (Lipinski definition) is 1. The van der Waals surface area contributed by atoms with Crippen molar-refractivity contribution in [1.82, 2.24) is 4.90 Å². The van der Waals surface area contributed by atoms with Gasteiger partial charge in [-0.1, -0.05) is 38.1 Å². The first-order valence-electron chi connectivity index (χ1n) is 8.34. The Labute approximate surface area is 146 Å². The zero-order valence-electron chi connectivity index (χ0n) is 14.5. The molecular formula is C20H21FN2O2. The molecule has 0 spiro atoms. The highest BCUT2D eigenvalue weighted by Gasteiger charge is 2.37. The largest absolute Gasteiger partial charge is 0.324 e. The molecule has 1 aliphatic heterocycles. The average molecular weight is 340 g/mol. The third-order valence-corrected chi connectivity index (χ3v) is 4.52. The summed E-state index contributed by atoms with van der Waals surface area (Å²) in [6.07, 6.45) is 0. The number of carbonyl (C=O) groups excluding carboxylic acids is 2. The molecule has 0 saturated carbocycles. The summed E-state index contributed by atoms with van der Waals surface area (Å²) in [7, 11) is 0. The van der Waals surface area contributed by atoms with Crippen LogP contribution in [0.3, 0.4) is 0 Å². The maximum Gasteiger partial charge on any atom is 0.255 e. The second-order valence-electron chi connectivity index (χ2n) is 6.73. The highest BCUT2D eigenvalue weighted by atomic mass is 19.1. The quantitative estimate of drug-likeness (QED) is 0.921. The lowest BCUT2D eigenvalue weighted by Crippen LogP contribution is -2.47. The van der Waals surface area contributed by atoms with E-state index in [1.54, 1.807) is 30.0 Å². The van der Waals surface area contributed by atoms with Crippen LogP contribution in [-0.2, 0) is 11.3 Å². The Morgan fingerprint density at radius 2 is 1.92 bits per heavy atom. The number of benzene rings is 2. The van der Waals surface area contributed by atoms with Crippen molar-refractivity contribution in [3.05, 3.63) is 65.0 Å². The number of aryl methyl sites for hydroxylation is 1. The van der Waals surface area contributed by atoms with Crippen LogP contribution in [0.25, 0.3) is 0 Å². The van der Waals surface area contributed by atoms with Crippen molar-refractivity contribution in [1.29, 1.82) is 0 Å². The zero-order valence-corrected chi connectivity index (χ0v) is 14.5. The summed E-state index contributed by atoms with van der Waals surface area (Å²) in [5, 5.41) is 2.74. The number of fused-ring (bicyclic) bond motifs is 1. The van der Waals surface area contributed by atoms with E-state index in [4.69, 9.17) is 0 Å². The van der Waals surface area contributed by atoms with Crippen LogP contribution in [0.5, 0.6) is 0 Å². The van der Waals surface area contributed by atoms with Crippen molar-refractivity contribution in [2.45, 2.75) is 33.4 Å². The second kappa shape index (κ2) is 6.67. The topological polar surface area (TPSA) is 49.4 Å². The van der Waals surface area contributed by atoms with Crippen molar-refractivity contribution < 1.29 is 14.0 Å². The van der Waals surface area contributed by atoms with Gasteiger partial charge in [-0.3, -0.25) is 9.59 Å². The lowest BCUT2D eigenvalue weighted by Gasteiger charge is -2.30. The third-order valence-electron chi connectivity index (χ3n) is 4.52. The Hall–Kier alpha value is -2.69. The fourth-order valence-electron chi connectivity index (χ4n) is 3.19. The molecule has 0 fully saturated rings. The average Bonchev–Trinajstić information content (AvgIpc) is 2.88. The molecule has 2 amide bonds. The molecule has 2 aromatic rings. The highest BCUT2D eigenvalue weighted by molar-refractivity contribution is 6.03. The monoisotopic (exact) mass is 340 g/mol. The van der Waals surface area contributed by atoms with E-state index in [1.165, 1.54) is 6.07 Å². The standard InChI is InChI=1S/C20H21FN2O2/c1-12(2)18(19(24)22-15-9-8-13(3)17(21)10-15)23-11-14-6-4-5-7-16(14)20(23)25/h4-10,12,18H,11H2,1-3H3,(H,22,24). The third kappa shape index (κ3) is 3.27. The molecule has 25 heavy (non-hydrogen) atoms. The summed E-state index contributed by atoms with van der Waals surface area (Å²) in [5.41, 5.74) is 2.47. The minimum absolute atomic E-state index is 0.0754. The predicted molar refractivity (Wildman–Crippen MR) is 94.7 cm³/mol. The van der Waals surface area contributed by atoms with Gasteiger partial charge in [-0.25, -0.2) is 4.39 Å². The number of halogens is 1. The number of nitrogens with zero attached hydrogens (tertiary/aromatic N) is 1. The Kier molecular flexibility index (Phi) is 4.57. The Morgan fingerprint density at radius 3 is 2.56 bits per heavy atom. The van der Waals surface area contributed by atoms with E-state index in [0.29, 0.717) is 23.4 Å². The van der Waals surface area contributed by atoms with Crippen molar-refractivity contribution >= 4 is 17.5 Å². The van der Waals surface area contributed by atoms with Gasteiger partial charge in [0.1, 0.15) is 11.9 Å². The summed E-state index contributed by atoms with van der Waals surface area (Å²) in [5.74, 6) is -0.893. The van der Waals surface area contributed by atoms with Gasteiger partial charge in [-0.2, -0.15) is 0 Å². The Bertz CT molecular complexity index is 832. The lowest BCUT2D eigenvalue weighted by atomic mass is 10.0. The van der Waals surface area contributed by atoms with Crippen molar-refractivity contribution in [2.75, 3.05) is 5.32 Å². The molecule has 1 heterocycles. The van der Waals surface area contributed by atoms with Crippen molar-refractivity contribution in [2.24, 2.45) is 5.92 Å². The van der Waals surface area contributed by atoms with Gasteiger partial charge in [0.15, 0.2) is 0 Å². The fourth-order valence-corrected chi connectivity index (χ4v) is 3.19. The molecule has 3 rings (SSSR count). The van der Waals surface area contributed by atoms with Gasteiger partial charge in [0.25, 0.3) is 5.91 Å². The van der Waals surface area contributed by atoms with Crippen LogP contribution in [-0.4, -0.2) is 22.8 Å². The second-order valence-corrected chi connectivity index (χ2v) is 6.73.